The summed E-state index contributed by atoms with van der Waals surface area (Å²) >= 11 is 0. The molecule has 23 heavy (non-hydrogen) atoms. The fraction of sp³-hybridized carbons (Fsp3) is 0.471. The molecule has 2 fully saturated rings. The van der Waals surface area contributed by atoms with Gasteiger partial charge < -0.3 is 9.64 Å². The number of hydrogen-bond donors (Lipinski definition) is 0. The Morgan fingerprint density at radius 3 is 2.78 bits per heavy atom. The van der Waals surface area contributed by atoms with Gasteiger partial charge in [-0.25, -0.2) is 9.67 Å². The number of nitrogens with zero attached hydrogens (tertiary/aromatic N) is 4. The average Bonchev–Trinajstić information content (AvgIpc) is 3.15. The predicted octanol–water partition coefficient (Wildman–Crippen LogP) is 2.05. The van der Waals surface area contributed by atoms with E-state index in [1.807, 2.05) is 29.2 Å². The standard InChI is InChI=1S/C17H20N4O2/c22-17(20-9-10-23-16-4-2-1-3-15(16)20)13-5-7-14(8-6-13)21-12-18-11-19-21/h5-8,11-12,15-16H,1-4,9-10H2/t15-,16-/m1/s1. The Morgan fingerprint density at radius 1 is 1.17 bits per heavy atom. The topological polar surface area (TPSA) is 60.2 Å². The highest BCUT2D eigenvalue weighted by Crippen LogP contribution is 2.29. The summed E-state index contributed by atoms with van der Waals surface area (Å²) in [4.78, 5) is 18.8. The lowest BCUT2D eigenvalue weighted by Gasteiger charge is -2.43. The van der Waals surface area contributed by atoms with Crippen LogP contribution in [0.3, 0.4) is 0 Å². The van der Waals surface area contributed by atoms with E-state index in [2.05, 4.69) is 10.1 Å². The molecule has 1 aliphatic carbocycles. The van der Waals surface area contributed by atoms with Gasteiger partial charge in [0.25, 0.3) is 5.91 Å². The van der Waals surface area contributed by atoms with E-state index in [0.29, 0.717) is 13.2 Å². The molecule has 2 aromatic rings. The van der Waals surface area contributed by atoms with Crippen molar-refractivity contribution in [1.29, 1.82) is 0 Å². The van der Waals surface area contributed by atoms with Crippen LogP contribution in [0.25, 0.3) is 5.69 Å². The molecule has 1 aromatic heterocycles. The van der Waals surface area contributed by atoms with Gasteiger partial charge in [-0.3, -0.25) is 4.79 Å². The van der Waals surface area contributed by atoms with Gasteiger partial charge in [-0.1, -0.05) is 12.8 Å². The maximum absolute atomic E-state index is 12.9. The van der Waals surface area contributed by atoms with Crippen molar-refractivity contribution in [3.8, 4) is 5.69 Å². The van der Waals surface area contributed by atoms with Crippen molar-refractivity contribution in [2.75, 3.05) is 13.2 Å². The van der Waals surface area contributed by atoms with Gasteiger partial charge in [-0.2, -0.15) is 5.10 Å². The Morgan fingerprint density at radius 2 is 2.00 bits per heavy atom. The van der Waals surface area contributed by atoms with Crippen LogP contribution in [0, 0.1) is 0 Å². The van der Waals surface area contributed by atoms with Crippen LogP contribution >= 0.6 is 0 Å². The van der Waals surface area contributed by atoms with E-state index in [4.69, 9.17) is 4.74 Å². The van der Waals surface area contributed by atoms with Crippen LogP contribution in [0.4, 0.5) is 0 Å². The molecular weight excluding hydrogens is 292 g/mol. The zero-order chi connectivity index (χ0) is 15.6. The van der Waals surface area contributed by atoms with Gasteiger partial charge in [-0.15, -0.1) is 0 Å². The first-order chi connectivity index (χ1) is 11.3. The number of benzene rings is 1. The van der Waals surface area contributed by atoms with Crippen molar-refractivity contribution in [2.45, 2.75) is 37.8 Å². The van der Waals surface area contributed by atoms with Crippen molar-refractivity contribution >= 4 is 5.91 Å². The second-order valence-corrected chi connectivity index (χ2v) is 6.15. The lowest BCUT2D eigenvalue weighted by atomic mass is 9.89. The SMILES string of the molecule is O=C(c1ccc(-n2cncn2)cc1)N1CCO[C@@H]2CCCC[C@H]21. The molecule has 0 unspecified atom stereocenters. The molecular formula is C17H20N4O2. The Bertz CT molecular complexity index is 666. The summed E-state index contributed by atoms with van der Waals surface area (Å²) in [5, 5.41) is 4.10. The molecule has 1 aromatic carbocycles. The Hall–Kier alpha value is -2.21. The molecule has 0 radical (unpaired) electrons. The largest absolute Gasteiger partial charge is 0.374 e. The number of carbonyl (C=O) groups excluding carboxylic acids is 1. The molecule has 6 heteroatoms. The van der Waals surface area contributed by atoms with E-state index >= 15 is 0 Å². The third-order valence-electron chi connectivity index (χ3n) is 4.79. The van der Waals surface area contributed by atoms with Crippen LogP contribution in [0.1, 0.15) is 36.0 Å². The number of ether oxygens (including phenoxy) is 1. The molecule has 2 heterocycles. The number of fused-ring (bicyclic) bond motifs is 1. The fourth-order valence-electron chi connectivity index (χ4n) is 3.61. The lowest BCUT2D eigenvalue weighted by Crippen LogP contribution is -2.54. The number of rotatable bonds is 2. The molecule has 1 amide bonds. The van der Waals surface area contributed by atoms with Crippen molar-refractivity contribution < 1.29 is 9.53 Å². The highest BCUT2D eigenvalue weighted by molar-refractivity contribution is 5.94. The second-order valence-electron chi connectivity index (χ2n) is 6.15. The van der Waals surface area contributed by atoms with Gasteiger partial charge in [0.15, 0.2) is 0 Å². The Labute approximate surface area is 135 Å². The highest BCUT2D eigenvalue weighted by atomic mass is 16.5. The molecule has 0 bridgehead atoms. The van der Waals surface area contributed by atoms with E-state index < -0.39 is 0 Å². The second kappa shape index (κ2) is 6.12. The van der Waals surface area contributed by atoms with Gasteiger partial charge >= 0.3 is 0 Å². The molecule has 2 aliphatic rings. The van der Waals surface area contributed by atoms with Gasteiger partial charge in [0.2, 0.25) is 0 Å². The van der Waals surface area contributed by atoms with Gasteiger partial charge in [-0.05, 0) is 37.1 Å². The van der Waals surface area contributed by atoms with Gasteiger partial charge in [0.1, 0.15) is 12.7 Å². The third-order valence-corrected chi connectivity index (χ3v) is 4.79. The van der Waals surface area contributed by atoms with Crippen LogP contribution in [0.15, 0.2) is 36.9 Å². The van der Waals surface area contributed by atoms with E-state index in [1.54, 1.807) is 11.0 Å². The summed E-state index contributed by atoms with van der Waals surface area (Å²) in [7, 11) is 0. The highest BCUT2D eigenvalue weighted by Gasteiger charge is 2.36. The molecule has 1 saturated heterocycles. The van der Waals surface area contributed by atoms with Crippen LogP contribution < -0.4 is 0 Å². The van der Waals surface area contributed by atoms with E-state index in [1.165, 1.54) is 19.2 Å². The molecule has 1 saturated carbocycles. The van der Waals surface area contributed by atoms with Crippen LogP contribution in [0.2, 0.25) is 0 Å². The summed E-state index contributed by atoms with van der Waals surface area (Å²) in [6, 6.07) is 7.78. The first-order valence-corrected chi connectivity index (χ1v) is 8.20. The van der Waals surface area contributed by atoms with E-state index in [-0.39, 0.29) is 18.1 Å². The van der Waals surface area contributed by atoms with Crippen molar-refractivity contribution in [3.63, 3.8) is 0 Å². The lowest BCUT2D eigenvalue weighted by molar-refractivity contribution is -0.0752. The molecule has 120 valence electrons. The van der Waals surface area contributed by atoms with Gasteiger partial charge in [0.05, 0.1) is 24.4 Å². The maximum atomic E-state index is 12.9. The van der Waals surface area contributed by atoms with Crippen molar-refractivity contribution in [3.05, 3.63) is 42.5 Å². The molecule has 1 aliphatic heterocycles. The van der Waals surface area contributed by atoms with Gasteiger partial charge in [0, 0.05) is 12.1 Å². The molecule has 6 nitrogen and oxygen atoms in total. The third kappa shape index (κ3) is 2.74. The Balaban J connectivity index is 1.54. The van der Waals surface area contributed by atoms with E-state index in [9.17, 15) is 4.79 Å². The predicted molar refractivity (Wildman–Crippen MR) is 84.4 cm³/mol. The number of aromatic nitrogens is 3. The summed E-state index contributed by atoms with van der Waals surface area (Å²) in [5.74, 6) is 0.107. The summed E-state index contributed by atoms with van der Waals surface area (Å²) in [6.45, 7) is 1.33. The smallest absolute Gasteiger partial charge is 0.254 e. The fourth-order valence-corrected chi connectivity index (χ4v) is 3.61. The molecule has 0 N–H and O–H groups in total. The zero-order valence-electron chi connectivity index (χ0n) is 13.0. The zero-order valence-corrected chi connectivity index (χ0v) is 13.0. The van der Waals surface area contributed by atoms with Crippen LogP contribution in [-0.2, 0) is 4.74 Å². The summed E-state index contributed by atoms with van der Waals surface area (Å²) in [6.07, 6.45) is 7.86. The quantitative estimate of drug-likeness (QED) is 0.851. The number of amides is 1. The van der Waals surface area contributed by atoms with Crippen LogP contribution in [-0.4, -0.2) is 50.9 Å². The summed E-state index contributed by atoms with van der Waals surface area (Å²) in [5.41, 5.74) is 1.62. The monoisotopic (exact) mass is 312 g/mol. The van der Waals surface area contributed by atoms with Crippen LogP contribution in [0.5, 0.6) is 0 Å². The number of morpholine rings is 1. The normalized spacial score (nSPS) is 24.3. The molecule has 0 spiro atoms. The first-order valence-electron chi connectivity index (χ1n) is 8.20. The average molecular weight is 312 g/mol. The first kappa shape index (κ1) is 14.4. The van der Waals surface area contributed by atoms with Crippen molar-refractivity contribution in [2.24, 2.45) is 0 Å². The molecule has 2 atom stereocenters. The number of hydrogen-bond acceptors (Lipinski definition) is 4. The minimum absolute atomic E-state index is 0.107. The molecule has 4 rings (SSSR count). The minimum Gasteiger partial charge on any atom is -0.374 e. The summed E-state index contributed by atoms with van der Waals surface area (Å²) < 4.78 is 7.53. The minimum atomic E-state index is 0.107. The maximum Gasteiger partial charge on any atom is 0.254 e. The number of carbonyl (C=O) groups is 1. The van der Waals surface area contributed by atoms with Crippen molar-refractivity contribution in [1.82, 2.24) is 19.7 Å². The van der Waals surface area contributed by atoms with E-state index in [0.717, 1.165) is 24.1 Å². The Kier molecular flexibility index (Phi) is 3.83.